The van der Waals surface area contributed by atoms with Crippen molar-refractivity contribution in [3.8, 4) is 0 Å². The Kier molecular flexibility index (Phi) is 3.02. The highest BCUT2D eigenvalue weighted by atomic mass is 35.5. The standard InChI is InChI=1S/C12H12ClFN2O2/c1-12(2)10(17)15-11(18)16(12)6-7-5-8(14)3-4-9(7)13/h3-5H,6H2,1-2H3,(H,15,17,18). The van der Waals surface area contributed by atoms with Gasteiger partial charge in [-0.3, -0.25) is 10.1 Å². The Balaban J connectivity index is 2.31. The van der Waals surface area contributed by atoms with Crippen molar-refractivity contribution in [2.75, 3.05) is 0 Å². The molecular weight excluding hydrogens is 259 g/mol. The molecule has 0 radical (unpaired) electrons. The van der Waals surface area contributed by atoms with Gasteiger partial charge in [0.1, 0.15) is 11.4 Å². The molecule has 1 aromatic carbocycles. The van der Waals surface area contributed by atoms with Gasteiger partial charge < -0.3 is 4.90 Å². The molecule has 18 heavy (non-hydrogen) atoms. The molecule has 0 spiro atoms. The molecule has 1 saturated heterocycles. The fourth-order valence-electron chi connectivity index (χ4n) is 1.80. The topological polar surface area (TPSA) is 49.4 Å². The van der Waals surface area contributed by atoms with Crippen LogP contribution < -0.4 is 5.32 Å². The summed E-state index contributed by atoms with van der Waals surface area (Å²) in [6, 6.07) is 3.43. The molecule has 1 aliphatic heterocycles. The van der Waals surface area contributed by atoms with E-state index in [0.717, 1.165) is 0 Å². The summed E-state index contributed by atoms with van der Waals surface area (Å²) in [5.41, 5.74) is -0.498. The van der Waals surface area contributed by atoms with Crippen LogP contribution in [0.1, 0.15) is 19.4 Å². The van der Waals surface area contributed by atoms with Crippen LogP contribution in [0, 0.1) is 5.82 Å². The first kappa shape index (κ1) is 12.8. The van der Waals surface area contributed by atoms with Gasteiger partial charge in [-0.2, -0.15) is 0 Å². The van der Waals surface area contributed by atoms with Crippen LogP contribution in [0.5, 0.6) is 0 Å². The van der Waals surface area contributed by atoms with Crippen LogP contribution in [0.4, 0.5) is 9.18 Å². The number of benzene rings is 1. The monoisotopic (exact) mass is 270 g/mol. The minimum Gasteiger partial charge on any atom is -0.306 e. The zero-order chi connectivity index (χ0) is 13.5. The van der Waals surface area contributed by atoms with Crippen LogP contribution in [-0.2, 0) is 11.3 Å². The molecule has 0 aliphatic carbocycles. The molecule has 1 aromatic rings. The van der Waals surface area contributed by atoms with E-state index in [1.54, 1.807) is 13.8 Å². The Labute approximate surface area is 109 Å². The second-order valence-electron chi connectivity index (χ2n) is 4.64. The molecule has 1 aliphatic rings. The molecule has 4 nitrogen and oxygen atoms in total. The third-order valence-corrected chi connectivity index (χ3v) is 3.40. The van der Waals surface area contributed by atoms with Crippen LogP contribution in [0.2, 0.25) is 5.02 Å². The van der Waals surface area contributed by atoms with Crippen molar-refractivity contribution in [3.05, 3.63) is 34.6 Å². The van der Waals surface area contributed by atoms with Gasteiger partial charge >= 0.3 is 6.03 Å². The third-order valence-electron chi connectivity index (χ3n) is 3.03. The minimum atomic E-state index is -0.966. The lowest BCUT2D eigenvalue weighted by molar-refractivity contribution is -0.125. The summed E-state index contributed by atoms with van der Waals surface area (Å²) in [6.07, 6.45) is 0. The maximum atomic E-state index is 13.1. The number of hydrogen-bond acceptors (Lipinski definition) is 2. The quantitative estimate of drug-likeness (QED) is 0.839. The highest BCUT2D eigenvalue weighted by Crippen LogP contribution is 2.26. The number of halogens is 2. The number of amides is 3. The predicted molar refractivity (Wildman–Crippen MR) is 64.6 cm³/mol. The van der Waals surface area contributed by atoms with Crippen LogP contribution in [0.25, 0.3) is 0 Å². The van der Waals surface area contributed by atoms with Crippen molar-refractivity contribution in [1.29, 1.82) is 0 Å². The average molecular weight is 271 g/mol. The smallest absolute Gasteiger partial charge is 0.306 e. The molecule has 1 fully saturated rings. The van der Waals surface area contributed by atoms with Crippen molar-refractivity contribution in [3.63, 3.8) is 0 Å². The van der Waals surface area contributed by atoms with E-state index in [2.05, 4.69) is 5.32 Å². The van der Waals surface area contributed by atoms with Crippen molar-refractivity contribution in [1.82, 2.24) is 10.2 Å². The van der Waals surface area contributed by atoms with Gasteiger partial charge in [-0.1, -0.05) is 11.6 Å². The number of hydrogen-bond donors (Lipinski definition) is 1. The molecule has 3 amide bonds. The average Bonchev–Trinajstić information content (AvgIpc) is 2.46. The molecule has 2 rings (SSSR count). The first-order chi connectivity index (χ1) is 8.32. The summed E-state index contributed by atoms with van der Waals surface area (Å²) >= 11 is 5.94. The van der Waals surface area contributed by atoms with E-state index >= 15 is 0 Å². The van der Waals surface area contributed by atoms with Crippen molar-refractivity contribution in [2.45, 2.75) is 25.9 Å². The lowest BCUT2D eigenvalue weighted by Crippen LogP contribution is -2.43. The lowest BCUT2D eigenvalue weighted by Gasteiger charge is -2.28. The van der Waals surface area contributed by atoms with Crippen LogP contribution in [0.15, 0.2) is 18.2 Å². The minimum absolute atomic E-state index is 0.0845. The molecule has 0 bridgehead atoms. The zero-order valence-electron chi connectivity index (χ0n) is 9.96. The molecule has 0 saturated carbocycles. The second kappa shape index (κ2) is 4.24. The number of carbonyl (C=O) groups excluding carboxylic acids is 2. The highest BCUT2D eigenvalue weighted by Gasteiger charge is 2.45. The summed E-state index contributed by atoms with van der Waals surface area (Å²) < 4.78 is 13.1. The molecule has 6 heteroatoms. The molecule has 96 valence electrons. The Morgan fingerprint density at radius 3 is 2.61 bits per heavy atom. The van der Waals surface area contributed by atoms with Gasteiger partial charge in [-0.15, -0.1) is 0 Å². The summed E-state index contributed by atoms with van der Waals surface area (Å²) in [5.74, 6) is -0.807. The molecule has 1 heterocycles. The van der Waals surface area contributed by atoms with E-state index < -0.39 is 17.4 Å². The van der Waals surface area contributed by atoms with Crippen molar-refractivity contribution < 1.29 is 14.0 Å². The normalized spacial score (nSPS) is 18.1. The van der Waals surface area contributed by atoms with E-state index in [0.29, 0.717) is 10.6 Å². The lowest BCUT2D eigenvalue weighted by atomic mass is 10.0. The van der Waals surface area contributed by atoms with E-state index in [-0.39, 0.29) is 12.5 Å². The summed E-state index contributed by atoms with van der Waals surface area (Å²) in [4.78, 5) is 24.6. The number of nitrogens with one attached hydrogen (secondary N) is 1. The first-order valence-corrected chi connectivity index (χ1v) is 5.77. The van der Waals surface area contributed by atoms with E-state index in [1.807, 2.05) is 0 Å². The van der Waals surface area contributed by atoms with Gasteiger partial charge in [0.15, 0.2) is 0 Å². The number of nitrogens with zero attached hydrogens (tertiary/aromatic N) is 1. The first-order valence-electron chi connectivity index (χ1n) is 5.39. The van der Waals surface area contributed by atoms with Crippen LogP contribution in [-0.4, -0.2) is 22.4 Å². The molecule has 0 aromatic heterocycles. The fraction of sp³-hybridized carbons (Fsp3) is 0.333. The number of carbonyl (C=O) groups is 2. The Hall–Kier alpha value is -1.62. The molecule has 0 atom stereocenters. The number of urea groups is 1. The zero-order valence-corrected chi connectivity index (χ0v) is 10.7. The van der Waals surface area contributed by atoms with Gasteiger partial charge in [0.25, 0.3) is 5.91 Å². The third kappa shape index (κ3) is 2.06. The second-order valence-corrected chi connectivity index (χ2v) is 5.05. The van der Waals surface area contributed by atoms with Gasteiger partial charge in [0.2, 0.25) is 0 Å². The highest BCUT2D eigenvalue weighted by molar-refractivity contribution is 6.31. The Morgan fingerprint density at radius 2 is 2.06 bits per heavy atom. The maximum Gasteiger partial charge on any atom is 0.325 e. The van der Waals surface area contributed by atoms with Gasteiger partial charge in [-0.25, -0.2) is 9.18 Å². The van der Waals surface area contributed by atoms with E-state index in [4.69, 9.17) is 11.6 Å². The van der Waals surface area contributed by atoms with Gasteiger partial charge in [-0.05, 0) is 37.6 Å². The van der Waals surface area contributed by atoms with E-state index in [1.165, 1.54) is 23.1 Å². The Morgan fingerprint density at radius 1 is 1.39 bits per heavy atom. The number of rotatable bonds is 2. The summed E-state index contributed by atoms with van der Waals surface area (Å²) in [6.45, 7) is 3.34. The van der Waals surface area contributed by atoms with E-state index in [9.17, 15) is 14.0 Å². The molecule has 0 unspecified atom stereocenters. The summed E-state index contributed by atoms with van der Waals surface area (Å²) in [7, 11) is 0. The Bertz CT molecular complexity index is 531. The molecule has 1 N–H and O–H groups in total. The van der Waals surface area contributed by atoms with Crippen molar-refractivity contribution >= 4 is 23.5 Å². The van der Waals surface area contributed by atoms with Crippen LogP contribution in [0.3, 0.4) is 0 Å². The van der Waals surface area contributed by atoms with Gasteiger partial charge in [0.05, 0.1) is 6.54 Å². The van der Waals surface area contributed by atoms with Crippen molar-refractivity contribution in [2.24, 2.45) is 0 Å². The molecular formula is C12H12ClFN2O2. The van der Waals surface area contributed by atoms with Crippen LogP contribution >= 0.6 is 11.6 Å². The maximum absolute atomic E-state index is 13.1. The van der Waals surface area contributed by atoms with Gasteiger partial charge in [0, 0.05) is 5.02 Å². The number of imide groups is 1. The fourth-order valence-corrected chi connectivity index (χ4v) is 1.98. The largest absolute Gasteiger partial charge is 0.325 e. The predicted octanol–water partition coefficient (Wildman–Crippen LogP) is 2.31. The SMILES string of the molecule is CC1(C)C(=O)NC(=O)N1Cc1cc(F)ccc1Cl. The summed E-state index contributed by atoms with van der Waals surface area (Å²) in [5, 5.41) is 2.58.